The van der Waals surface area contributed by atoms with Crippen LogP contribution >= 0.6 is 22.9 Å². The van der Waals surface area contributed by atoms with Crippen molar-refractivity contribution in [2.75, 3.05) is 6.61 Å². The van der Waals surface area contributed by atoms with E-state index in [0.29, 0.717) is 39.2 Å². The highest BCUT2D eigenvalue weighted by Gasteiger charge is 2.14. The van der Waals surface area contributed by atoms with Crippen LogP contribution in [0.5, 0.6) is 6.01 Å². The molecular formula is C13H16ClN3O3S. The molecule has 0 aliphatic carbocycles. The van der Waals surface area contributed by atoms with Crippen LogP contribution in [0.1, 0.15) is 26.7 Å². The molecule has 0 aromatic carbocycles. The molecule has 0 saturated heterocycles. The summed E-state index contributed by atoms with van der Waals surface area (Å²) in [6.45, 7) is 5.06. The highest BCUT2D eigenvalue weighted by molar-refractivity contribution is 7.22. The van der Waals surface area contributed by atoms with Crippen LogP contribution < -0.4 is 10.2 Å². The van der Waals surface area contributed by atoms with Crippen molar-refractivity contribution in [3.05, 3.63) is 15.9 Å². The Morgan fingerprint density at radius 3 is 2.90 bits per heavy atom. The first-order chi connectivity index (χ1) is 10.1. The van der Waals surface area contributed by atoms with Crippen molar-refractivity contribution >= 4 is 39.2 Å². The molecule has 21 heavy (non-hydrogen) atoms. The first-order valence-electron chi connectivity index (χ1n) is 6.67. The fourth-order valence-electron chi connectivity index (χ4n) is 1.92. The maximum atomic E-state index is 11.0. The van der Waals surface area contributed by atoms with E-state index < -0.39 is 6.09 Å². The number of fused-ring (bicyclic) bond motifs is 1. The Labute approximate surface area is 130 Å². The standard InChI is InChI=1S/C13H16ClN3O3S/c1-3-5-17-10(15-13(18)19)8-7-9(14)21-11(8)16-12(17)20-6-4-2/h7H,3-6H2,1-2H3,(H,18,19)/b15-10+. The molecule has 8 heteroatoms. The van der Waals surface area contributed by atoms with Gasteiger partial charge in [0, 0.05) is 6.54 Å². The zero-order chi connectivity index (χ0) is 15.4. The molecule has 0 bridgehead atoms. The summed E-state index contributed by atoms with van der Waals surface area (Å²) in [6, 6.07) is 2.07. The van der Waals surface area contributed by atoms with Gasteiger partial charge >= 0.3 is 6.09 Å². The molecule has 114 valence electrons. The summed E-state index contributed by atoms with van der Waals surface area (Å²) in [5.41, 5.74) is 0.323. The van der Waals surface area contributed by atoms with Gasteiger partial charge in [-0.15, -0.1) is 11.3 Å². The predicted octanol–water partition coefficient (Wildman–Crippen LogP) is 3.53. The monoisotopic (exact) mass is 329 g/mol. The van der Waals surface area contributed by atoms with E-state index in [0.717, 1.165) is 12.8 Å². The van der Waals surface area contributed by atoms with E-state index in [1.54, 1.807) is 10.6 Å². The molecule has 0 radical (unpaired) electrons. The smallest absolute Gasteiger partial charge is 0.433 e. The molecule has 2 heterocycles. The molecule has 1 N–H and O–H groups in total. The first kappa shape index (κ1) is 15.8. The molecule has 0 fully saturated rings. The van der Waals surface area contributed by atoms with Gasteiger partial charge in [0.15, 0.2) is 5.49 Å². The summed E-state index contributed by atoms with van der Waals surface area (Å²) < 4.78 is 7.87. The molecular weight excluding hydrogens is 314 g/mol. The molecule has 6 nitrogen and oxygen atoms in total. The third kappa shape index (κ3) is 3.54. The van der Waals surface area contributed by atoms with Crippen molar-refractivity contribution in [1.82, 2.24) is 9.55 Å². The number of hydrogen-bond acceptors (Lipinski definition) is 4. The van der Waals surface area contributed by atoms with Crippen molar-refractivity contribution in [1.29, 1.82) is 0 Å². The Bertz CT molecular complexity index is 723. The average Bonchev–Trinajstić information content (AvgIpc) is 2.79. The lowest BCUT2D eigenvalue weighted by Crippen LogP contribution is -2.25. The summed E-state index contributed by atoms with van der Waals surface area (Å²) >= 11 is 7.29. The Hall–Kier alpha value is -1.60. The average molecular weight is 330 g/mol. The van der Waals surface area contributed by atoms with Gasteiger partial charge in [-0.3, -0.25) is 4.57 Å². The SMILES string of the molecule is CCCOc1nc2sc(Cl)cc2/c(=N\C(=O)O)n1CCC. The largest absolute Gasteiger partial charge is 0.465 e. The Kier molecular flexibility index (Phi) is 5.19. The number of rotatable bonds is 5. The Balaban J connectivity index is 2.76. The molecule has 0 aliphatic heterocycles. The molecule has 0 spiro atoms. The van der Waals surface area contributed by atoms with E-state index in [-0.39, 0.29) is 0 Å². The summed E-state index contributed by atoms with van der Waals surface area (Å²) in [4.78, 5) is 19.8. The van der Waals surface area contributed by atoms with E-state index >= 15 is 0 Å². The van der Waals surface area contributed by atoms with E-state index in [2.05, 4.69) is 9.98 Å². The van der Waals surface area contributed by atoms with Crippen LogP contribution in [-0.2, 0) is 6.54 Å². The van der Waals surface area contributed by atoms with Crippen LogP contribution in [-0.4, -0.2) is 27.4 Å². The van der Waals surface area contributed by atoms with Crippen LogP contribution in [0.15, 0.2) is 11.1 Å². The van der Waals surface area contributed by atoms with Crippen molar-refractivity contribution < 1.29 is 14.6 Å². The van der Waals surface area contributed by atoms with Crippen molar-refractivity contribution in [2.24, 2.45) is 4.99 Å². The quantitative estimate of drug-likeness (QED) is 0.910. The maximum Gasteiger partial charge on any atom is 0.433 e. The maximum absolute atomic E-state index is 11.0. The number of halogens is 1. The van der Waals surface area contributed by atoms with Crippen molar-refractivity contribution in [3.63, 3.8) is 0 Å². The Morgan fingerprint density at radius 2 is 2.29 bits per heavy atom. The zero-order valence-corrected chi connectivity index (χ0v) is 13.4. The lowest BCUT2D eigenvalue weighted by Gasteiger charge is -2.13. The van der Waals surface area contributed by atoms with Crippen LogP contribution in [0.2, 0.25) is 4.34 Å². The molecule has 0 saturated carbocycles. The number of hydrogen-bond donors (Lipinski definition) is 1. The molecule has 2 rings (SSSR count). The molecule has 2 aromatic heterocycles. The topological polar surface area (TPSA) is 76.7 Å². The van der Waals surface area contributed by atoms with Gasteiger partial charge in [-0.25, -0.2) is 4.79 Å². The summed E-state index contributed by atoms with van der Waals surface area (Å²) in [6.07, 6.45) is 0.388. The summed E-state index contributed by atoms with van der Waals surface area (Å²) in [5, 5.41) is 9.65. The third-order valence-corrected chi connectivity index (χ3v) is 3.85. The van der Waals surface area contributed by atoms with Crippen LogP contribution in [0, 0.1) is 0 Å². The van der Waals surface area contributed by atoms with E-state index in [1.807, 2.05) is 13.8 Å². The Morgan fingerprint density at radius 1 is 1.52 bits per heavy atom. The summed E-state index contributed by atoms with van der Waals surface area (Å²) in [5.74, 6) is 0. The number of ether oxygens (including phenoxy) is 1. The molecule has 1 amide bonds. The fraction of sp³-hybridized carbons (Fsp3) is 0.462. The number of aromatic nitrogens is 2. The number of amides is 1. The van der Waals surface area contributed by atoms with Crippen LogP contribution in [0.3, 0.4) is 0 Å². The molecule has 0 unspecified atom stereocenters. The van der Waals surface area contributed by atoms with Gasteiger partial charge in [0.25, 0.3) is 6.01 Å². The van der Waals surface area contributed by atoms with Crippen LogP contribution in [0.4, 0.5) is 4.79 Å². The zero-order valence-electron chi connectivity index (χ0n) is 11.8. The van der Waals surface area contributed by atoms with Gasteiger partial charge in [0.2, 0.25) is 0 Å². The minimum Gasteiger partial charge on any atom is -0.465 e. The minimum atomic E-state index is -1.25. The van der Waals surface area contributed by atoms with Gasteiger partial charge in [0.05, 0.1) is 16.3 Å². The van der Waals surface area contributed by atoms with Gasteiger partial charge in [-0.05, 0) is 18.9 Å². The molecule has 2 aromatic rings. The van der Waals surface area contributed by atoms with E-state index in [4.69, 9.17) is 21.4 Å². The third-order valence-electron chi connectivity index (χ3n) is 2.69. The normalized spacial score (nSPS) is 12.0. The second-order valence-corrected chi connectivity index (χ2v) is 6.04. The molecule has 0 aliphatic rings. The van der Waals surface area contributed by atoms with Gasteiger partial charge in [0.1, 0.15) is 4.83 Å². The number of thiophene rings is 1. The lowest BCUT2D eigenvalue weighted by atomic mass is 10.4. The fourth-order valence-corrected chi connectivity index (χ4v) is 2.99. The van der Waals surface area contributed by atoms with Crippen molar-refractivity contribution in [2.45, 2.75) is 33.2 Å². The lowest BCUT2D eigenvalue weighted by molar-refractivity contribution is 0.204. The summed E-state index contributed by atoms with van der Waals surface area (Å²) in [7, 11) is 0. The molecule has 0 atom stereocenters. The first-order valence-corrected chi connectivity index (χ1v) is 7.86. The van der Waals surface area contributed by atoms with Gasteiger partial charge in [-0.2, -0.15) is 9.98 Å². The second kappa shape index (κ2) is 6.91. The van der Waals surface area contributed by atoms with E-state index in [9.17, 15) is 4.79 Å². The number of carbonyl (C=O) groups is 1. The highest BCUT2D eigenvalue weighted by atomic mass is 35.5. The number of carboxylic acid groups (broad SMARTS) is 1. The minimum absolute atomic E-state index is 0.323. The second-order valence-electron chi connectivity index (χ2n) is 4.38. The predicted molar refractivity (Wildman–Crippen MR) is 82.3 cm³/mol. The van der Waals surface area contributed by atoms with Gasteiger partial charge < -0.3 is 9.84 Å². The van der Waals surface area contributed by atoms with Crippen LogP contribution in [0.25, 0.3) is 10.2 Å². The van der Waals surface area contributed by atoms with Crippen molar-refractivity contribution in [3.8, 4) is 6.01 Å². The highest BCUT2D eigenvalue weighted by Crippen LogP contribution is 2.27. The van der Waals surface area contributed by atoms with E-state index in [1.165, 1.54) is 11.3 Å². The number of nitrogens with zero attached hydrogens (tertiary/aromatic N) is 3. The van der Waals surface area contributed by atoms with Gasteiger partial charge in [-0.1, -0.05) is 25.4 Å².